The summed E-state index contributed by atoms with van der Waals surface area (Å²) in [6.07, 6.45) is 0. The molecular formula is C26H20F2N2O5. The van der Waals surface area contributed by atoms with Gasteiger partial charge in [-0.1, -0.05) is 6.07 Å². The fourth-order valence-corrected chi connectivity index (χ4v) is 3.16. The third-order valence-electron chi connectivity index (χ3n) is 4.87. The number of rotatable bonds is 8. The minimum absolute atomic E-state index is 0.0453. The third-order valence-corrected chi connectivity index (χ3v) is 4.87. The van der Waals surface area contributed by atoms with E-state index in [1.54, 1.807) is 18.2 Å². The molecule has 1 aromatic heterocycles. The lowest BCUT2D eigenvalue weighted by atomic mass is 10.2. The van der Waals surface area contributed by atoms with Crippen molar-refractivity contribution in [2.24, 2.45) is 0 Å². The van der Waals surface area contributed by atoms with Crippen LogP contribution < -0.4 is 20.1 Å². The SMILES string of the molecule is COc1ccc(NC(=O)c2ccc(COc3ccc(F)cc3)o2)cc1NC(=O)c1cccc(F)c1. The number of halogens is 2. The second-order valence-electron chi connectivity index (χ2n) is 7.34. The van der Waals surface area contributed by atoms with Gasteiger partial charge in [0.15, 0.2) is 5.76 Å². The molecule has 9 heteroatoms. The molecule has 7 nitrogen and oxygen atoms in total. The quantitative estimate of drug-likeness (QED) is 0.342. The van der Waals surface area contributed by atoms with Crippen molar-refractivity contribution in [3.63, 3.8) is 0 Å². The number of anilines is 2. The zero-order valence-corrected chi connectivity index (χ0v) is 18.5. The van der Waals surface area contributed by atoms with Crippen molar-refractivity contribution in [1.82, 2.24) is 0 Å². The van der Waals surface area contributed by atoms with E-state index in [1.165, 1.54) is 61.7 Å². The van der Waals surface area contributed by atoms with Gasteiger partial charge in [-0.3, -0.25) is 9.59 Å². The predicted octanol–water partition coefficient (Wildman–Crippen LogP) is 5.65. The minimum Gasteiger partial charge on any atom is -0.495 e. The smallest absolute Gasteiger partial charge is 0.291 e. The highest BCUT2D eigenvalue weighted by Crippen LogP contribution is 2.29. The normalized spacial score (nSPS) is 10.5. The van der Waals surface area contributed by atoms with Crippen LogP contribution in [0.4, 0.5) is 20.2 Å². The van der Waals surface area contributed by atoms with Gasteiger partial charge >= 0.3 is 0 Å². The molecule has 0 aliphatic heterocycles. The van der Waals surface area contributed by atoms with E-state index in [2.05, 4.69) is 10.6 Å². The molecule has 4 rings (SSSR count). The first kappa shape index (κ1) is 23.5. The molecule has 35 heavy (non-hydrogen) atoms. The molecule has 0 fully saturated rings. The molecule has 0 bridgehead atoms. The summed E-state index contributed by atoms with van der Waals surface area (Å²) in [5, 5.41) is 5.34. The van der Waals surface area contributed by atoms with Gasteiger partial charge in [0.1, 0.15) is 35.5 Å². The van der Waals surface area contributed by atoms with E-state index in [0.717, 1.165) is 6.07 Å². The third kappa shape index (κ3) is 6.02. The number of ether oxygens (including phenoxy) is 2. The van der Waals surface area contributed by atoms with Crippen LogP contribution in [0.2, 0.25) is 0 Å². The van der Waals surface area contributed by atoms with Crippen molar-refractivity contribution >= 4 is 23.2 Å². The van der Waals surface area contributed by atoms with Gasteiger partial charge in [0.05, 0.1) is 12.8 Å². The minimum atomic E-state index is -0.539. The largest absolute Gasteiger partial charge is 0.495 e. The molecule has 0 aliphatic carbocycles. The first-order valence-electron chi connectivity index (χ1n) is 10.4. The average molecular weight is 478 g/mol. The number of carbonyl (C=O) groups is 2. The van der Waals surface area contributed by atoms with Crippen molar-refractivity contribution in [1.29, 1.82) is 0 Å². The van der Waals surface area contributed by atoms with E-state index in [9.17, 15) is 18.4 Å². The number of furan rings is 1. The Morgan fingerprint density at radius 2 is 1.66 bits per heavy atom. The summed E-state index contributed by atoms with van der Waals surface area (Å²) < 4.78 is 42.7. The van der Waals surface area contributed by atoms with Gasteiger partial charge in [0, 0.05) is 11.3 Å². The molecular weight excluding hydrogens is 458 g/mol. The van der Waals surface area contributed by atoms with Gasteiger partial charge in [0.2, 0.25) is 0 Å². The van der Waals surface area contributed by atoms with Crippen LogP contribution in [0, 0.1) is 11.6 Å². The molecule has 0 saturated heterocycles. The second kappa shape index (κ2) is 10.5. The van der Waals surface area contributed by atoms with Crippen LogP contribution in [0.3, 0.4) is 0 Å². The molecule has 0 radical (unpaired) electrons. The van der Waals surface area contributed by atoms with E-state index in [4.69, 9.17) is 13.9 Å². The van der Waals surface area contributed by atoms with Crippen LogP contribution >= 0.6 is 0 Å². The summed E-state index contributed by atoms with van der Waals surface area (Å²) in [7, 11) is 1.43. The van der Waals surface area contributed by atoms with Gasteiger partial charge in [-0.2, -0.15) is 0 Å². The molecule has 1 heterocycles. The number of benzene rings is 3. The summed E-state index contributed by atoms with van der Waals surface area (Å²) in [5.41, 5.74) is 0.783. The average Bonchev–Trinajstić information content (AvgIpc) is 3.33. The van der Waals surface area contributed by atoms with Gasteiger partial charge in [-0.25, -0.2) is 8.78 Å². The van der Waals surface area contributed by atoms with Crippen LogP contribution in [-0.4, -0.2) is 18.9 Å². The van der Waals surface area contributed by atoms with Gasteiger partial charge < -0.3 is 24.5 Å². The van der Waals surface area contributed by atoms with Crippen LogP contribution in [0.1, 0.15) is 26.7 Å². The second-order valence-corrected chi connectivity index (χ2v) is 7.34. The standard InChI is InChI=1S/C26H20F2N2O5/c1-33-23-11-7-19(14-22(23)30-25(31)16-3-2-4-18(28)13-16)29-26(32)24-12-10-21(35-24)15-34-20-8-5-17(27)6-9-20/h2-14H,15H2,1H3,(H,29,32)(H,30,31). The van der Waals surface area contributed by atoms with Gasteiger partial charge in [-0.05, 0) is 72.8 Å². The van der Waals surface area contributed by atoms with Crippen LogP contribution in [-0.2, 0) is 6.61 Å². The van der Waals surface area contributed by atoms with Crippen molar-refractivity contribution in [3.05, 3.63) is 108 Å². The predicted molar refractivity (Wildman–Crippen MR) is 125 cm³/mol. The number of carbonyl (C=O) groups excluding carboxylic acids is 2. The van der Waals surface area contributed by atoms with E-state index in [-0.39, 0.29) is 29.4 Å². The Bertz CT molecular complexity index is 1350. The Kier molecular flexibility index (Phi) is 7.06. The maximum Gasteiger partial charge on any atom is 0.291 e. The van der Waals surface area contributed by atoms with E-state index in [1.807, 2.05) is 0 Å². The molecule has 178 valence electrons. The summed E-state index contributed by atoms with van der Waals surface area (Å²) in [6, 6.07) is 18.5. The lowest BCUT2D eigenvalue weighted by Gasteiger charge is -2.12. The van der Waals surface area contributed by atoms with Crippen molar-refractivity contribution < 1.29 is 32.3 Å². The van der Waals surface area contributed by atoms with Crippen molar-refractivity contribution in [3.8, 4) is 11.5 Å². The van der Waals surface area contributed by atoms with Crippen LogP contribution in [0.5, 0.6) is 11.5 Å². The monoisotopic (exact) mass is 478 g/mol. The number of amides is 2. The zero-order chi connectivity index (χ0) is 24.8. The maximum absolute atomic E-state index is 13.4. The molecule has 0 aliphatic rings. The number of nitrogens with one attached hydrogen (secondary N) is 2. The Hall–Kier alpha value is -4.66. The summed E-state index contributed by atoms with van der Waals surface area (Å²) in [4.78, 5) is 25.1. The summed E-state index contributed by atoms with van der Waals surface area (Å²) >= 11 is 0. The lowest BCUT2D eigenvalue weighted by molar-refractivity contribution is 0.0991. The Morgan fingerprint density at radius 3 is 2.40 bits per heavy atom. The molecule has 2 N–H and O–H groups in total. The molecule has 4 aromatic rings. The Morgan fingerprint density at radius 1 is 0.857 bits per heavy atom. The molecule has 0 unspecified atom stereocenters. The number of methoxy groups -OCH3 is 1. The van der Waals surface area contributed by atoms with Crippen LogP contribution in [0.25, 0.3) is 0 Å². The highest BCUT2D eigenvalue weighted by Gasteiger charge is 2.15. The fourth-order valence-electron chi connectivity index (χ4n) is 3.16. The Balaban J connectivity index is 1.42. The highest BCUT2D eigenvalue weighted by atomic mass is 19.1. The van der Waals surface area contributed by atoms with E-state index in [0.29, 0.717) is 22.9 Å². The summed E-state index contributed by atoms with van der Waals surface area (Å²) in [5.74, 6) is -0.711. The Labute approximate surface area is 199 Å². The topological polar surface area (TPSA) is 89.8 Å². The molecule has 3 aromatic carbocycles. The molecule has 0 spiro atoms. The highest BCUT2D eigenvalue weighted by molar-refractivity contribution is 6.06. The fraction of sp³-hybridized carbons (Fsp3) is 0.0769. The molecule has 0 atom stereocenters. The first-order chi connectivity index (χ1) is 16.9. The van der Waals surface area contributed by atoms with E-state index < -0.39 is 17.6 Å². The van der Waals surface area contributed by atoms with Gasteiger partial charge in [-0.15, -0.1) is 0 Å². The zero-order valence-electron chi connectivity index (χ0n) is 18.5. The summed E-state index contributed by atoms with van der Waals surface area (Å²) in [6.45, 7) is 0.0533. The lowest BCUT2D eigenvalue weighted by Crippen LogP contribution is -2.14. The number of hydrogen-bond donors (Lipinski definition) is 2. The molecule has 2 amide bonds. The van der Waals surface area contributed by atoms with Crippen LogP contribution in [0.15, 0.2) is 83.3 Å². The van der Waals surface area contributed by atoms with Gasteiger partial charge in [0.25, 0.3) is 11.8 Å². The van der Waals surface area contributed by atoms with Crippen molar-refractivity contribution in [2.45, 2.75) is 6.61 Å². The first-order valence-corrected chi connectivity index (χ1v) is 10.4. The maximum atomic E-state index is 13.4. The number of hydrogen-bond acceptors (Lipinski definition) is 5. The van der Waals surface area contributed by atoms with Crippen molar-refractivity contribution in [2.75, 3.05) is 17.7 Å². The molecule has 0 saturated carbocycles. The van der Waals surface area contributed by atoms with E-state index >= 15 is 0 Å².